The van der Waals surface area contributed by atoms with E-state index in [1.165, 1.54) is 12.3 Å². The van der Waals surface area contributed by atoms with E-state index in [-0.39, 0.29) is 17.1 Å². The van der Waals surface area contributed by atoms with E-state index >= 15 is 0 Å². The number of amides is 2. The number of pyridine rings is 1. The molecule has 0 radical (unpaired) electrons. The van der Waals surface area contributed by atoms with Gasteiger partial charge in [-0.05, 0) is 47.6 Å². The lowest BCUT2D eigenvalue weighted by Gasteiger charge is -2.28. The number of methoxy groups -OCH3 is 1. The molecule has 0 aromatic carbocycles. The Balaban J connectivity index is 3.48. The van der Waals surface area contributed by atoms with Crippen molar-refractivity contribution in [2.45, 2.75) is 52.7 Å². The maximum atomic E-state index is 12.6. The predicted molar refractivity (Wildman–Crippen MR) is 94.9 cm³/mol. The van der Waals surface area contributed by atoms with Gasteiger partial charge in [-0.25, -0.2) is 19.4 Å². The number of carbonyl (C=O) groups excluding carboxylic acids is 3. The number of carbonyl (C=O) groups is 3. The lowest BCUT2D eigenvalue weighted by molar-refractivity contribution is 0.0428. The summed E-state index contributed by atoms with van der Waals surface area (Å²) in [4.78, 5) is 41.8. The number of nitrogen functional groups attached to an aromatic ring is 1. The van der Waals surface area contributed by atoms with Gasteiger partial charge in [0.1, 0.15) is 16.8 Å². The van der Waals surface area contributed by atoms with Crippen molar-refractivity contribution in [2.24, 2.45) is 0 Å². The number of ether oxygens (including phenoxy) is 3. The summed E-state index contributed by atoms with van der Waals surface area (Å²) in [5, 5.41) is 0. The quantitative estimate of drug-likeness (QED) is 0.625. The van der Waals surface area contributed by atoms with Crippen LogP contribution in [-0.4, -0.2) is 41.5 Å². The van der Waals surface area contributed by atoms with Gasteiger partial charge >= 0.3 is 18.2 Å². The first-order valence-electron chi connectivity index (χ1n) is 7.85. The van der Waals surface area contributed by atoms with Gasteiger partial charge in [0.15, 0.2) is 5.82 Å². The molecule has 9 heteroatoms. The normalized spacial score (nSPS) is 11.5. The molecule has 0 saturated carbocycles. The molecule has 26 heavy (non-hydrogen) atoms. The van der Waals surface area contributed by atoms with Crippen LogP contribution >= 0.6 is 0 Å². The number of anilines is 2. The van der Waals surface area contributed by atoms with E-state index in [0.29, 0.717) is 4.90 Å². The van der Waals surface area contributed by atoms with Gasteiger partial charge < -0.3 is 19.9 Å². The van der Waals surface area contributed by atoms with E-state index in [1.807, 2.05) is 0 Å². The Morgan fingerprint density at radius 2 is 1.46 bits per heavy atom. The highest BCUT2D eigenvalue weighted by molar-refractivity contribution is 6.12. The van der Waals surface area contributed by atoms with Crippen molar-refractivity contribution in [3.05, 3.63) is 17.8 Å². The average Bonchev–Trinajstić information content (AvgIpc) is 2.44. The van der Waals surface area contributed by atoms with Crippen LogP contribution in [-0.2, 0) is 14.2 Å². The Labute approximate surface area is 152 Å². The molecular formula is C17H25N3O6. The van der Waals surface area contributed by atoms with Crippen molar-refractivity contribution in [3.63, 3.8) is 0 Å². The minimum atomic E-state index is -1.05. The molecule has 0 spiro atoms. The van der Waals surface area contributed by atoms with E-state index in [2.05, 4.69) is 9.72 Å². The number of aromatic nitrogens is 1. The molecule has 144 valence electrons. The lowest BCUT2D eigenvalue weighted by Crippen LogP contribution is -2.44. The molecule has 0 unspecified atom stereocenters. The zero-order valence-corrected chi connectivity index (χ0v) is 16.1. The van der Waals surface area contributed by atoms with Crippen LogP contribution in [0.25, 0.3) is 0 Å². The van der Waals surface area contributed by atoms with Crippen LogP contribution < -0.4 is 10.6 Å². The van der Waals surface area contributed by atoms with Crippen molar-refractivity contribution >= 4 is 29.7 Å². The summed E-state index contributed by atoms with van der Waals surface area (Å²) in [5.74, 6) is -1.12. The largest absolute Gasteiger partial charge is 0.465 e. The standard InChI is InChI=1S/C17H25N3O6/c1-16(2,3)25-14(22)20(15(23)26-17(4,5)6)12-11(13(21)24-7)8-10(18)9-19-12/h8-9H,18H2,1-7H3. The molecule has 0 aliphatic rings. The van der Waals surface area contributed by atoms with Gasteiger partial charge in [0.25, 0.3) is 0 Å². The first-order chi connectivity index (χ1) is 11.7. The highest BCUT2D eigenvalue weighted by Gasteiger charge is 2.36. The second kappa shape index (κ2) is 7.59. The van der Waals surface area contributed by atoms with E-state index in [9.17, 15) is 14.4 Å². The van der Waals surface area contributed by atoms with Gasteiger partial charge in [0, 0.05) is 0 Å². The number of rotatable bonds is 2. The summed E-state index contributed by atoms with van der Waals surface area (Å²) < 4.78 is 15.2. The van der Waals surface area contributed by atoms with Crippen LogP contribution in [0.1, 0.15) is 51.9 Å². The van der Waals surface area contributed by atoms with Gasteiger partial charge in [-0.1, -0.05) is 0 Å². The molecule has 0 atom stereocenters. The topological polar surface area (TPSA) is 121 Å². The van der Waals surface area contributed by atoms with Crippen LogP contribution in [0.4, 0.5) is 21.1 Å². The van der Waals surface area contributed by atoms with Crippen LogP contribution in [0, 0.1) is 0 Å². The molecule has 1 aromatic heterocycles. The third-order valence-corrected chi connectivity index (χ3v) is 2.66. The minimum absolute atomic E-state index is 0.155. The fraction of sp³-hybridized carbons (Fsp3) is 0.529. The third-order valence-electron chi connectivity index (χ3n) is 2.66. The molecule has 0 bridgehead atoms. The van der Waals surface area contributed by atoms with Crippen LogP contribution in [0.15, 0.2) is 12.3 Å². The highest BCUT2D eigenvalue weighted by atomic mass is 16.6. The van der Waals surface area contributed by atoms with Crippen molar-refractivity contribution in [3.8, 4) is 0 Å². The molecule has 0 saturated heterocycles. The van der Waals surface area contributed by atoms with Gasteiger partial charge in [0.2, 0.25) is 0 Å². The molecular weight excluding hydrogens is 342 g/mol. The predicted octanol–water partition coefficient (Wildman–Crippen LogP) is 3.13. The summed E-state index contributed by atoms with van der Waals surface area (Å²) in [7, 11) is 1.15. The smallest absolute Gasteiger partial charge is 0.425 e. The SMILES string of the molecule is COC(=O)c1cc(N)cnc1N(C(=O)OC(C)(C)C)C(=O)OC(C)(C)C. The first-order valence-corrected chi connectivity index (χ1v) is 7.85. The molecule has 0 fully saturated rings. The maximum Gasteiger partial charge on any atom is 0.425 e. The van der Waals surface area contributed by atoms with Gasteiger partial charge in [0.05, 0.1) is 19.0 Å². The Morgan fingerprint density at radius 1 is 1.00 bits per heavy atom. The monoisotopic (exact) mass is 367 g/mol. The zero-order valence-electron chi connectivity index (χ0n) is 16.1. The summed E-state index contributed by atoms with van der Waals surface area (Å²) >= 11 is 0. The molecule has 1 rings (SSSR count). The fourth-order valence-electron chi connectivity index (χ4n) is 1.77. The Morgan fingerprint density at radius 3 is 1.85 bits per heavy atom. The van der Waals surface area contributed by atoms with Crippen molar-refractivity contribution in [1.82, 2.24) is 4.98 Å². The van der Waals surface area contributed by atoms with E-state index in [1.54, 1.807) is 41.5 Å². The van der Waals surface area contributed by atoms with E-state index in [4.69, 9.17) is 15.2 Å². The summed E-state index contributed by atoms with van der Waals surface area (Å²) in [6.45, 7) is 9.81. The number of hydrogen-bond acceptors (Lipinski definition) is 8. The second-order valence-electron chi connectivity index (χ2n) is 7.43. The summed E-state index contributed by atoms with van der Waals surface area (Å²) in [6.07, 6.45) is -0.896. The van der Waals surface area contributed by atoms with Crippen LogP contribution in [0.2, 0.25) is 0 Å². The Kier molecular flexibility index (Phi) is 6.19. The molecule has 0 aliphatic carbocycles. The Hall–Kier alpha value is -2.84. The summed E-state index contributed by atoms with van der Waals surface area (Å²) in [6, 6.07) is 1.25. The summed E-state index contributed by atoms with van der Waals surface area (Å²) in [5.41, 5.74) is 3.85. The molecule has 9 nitrogen and oxygen atoms in total. The average molecular weight is 367 g/mol. The third kappa shape index (κ3) is 5.91. The van der Waals surface area contributed by atoms with Crippen molar-refractivity contribution in [2.75, 3.05) is 17.7 Å². The van der Waals surface area contributed by atoms with E-state index < -0.39 is 29.4 Å². The number of nitrogens with zero attached hydrogens (tertiary/aromatic N) is 2. The number of imide groups is 1. The molecule has 1 heterocycles. The van der Waals surface area contributed by atoms with Crippen LogP contribution in [0.5, 0.6) is 0 Å². The maximum absolute atomic E-state index is 12.6. The molecule has 2 amide bonds. The molecule has 0 aliphatic heterocycles. The fourth-order valence-corrected chi connectivity index (χ4v) is 1.77. The number of esters is 1. The number of nitrogens with two attached hydrogens (primary N) is 1. The highest BCUT2D eigenvalue weighted by Crippen LogP contribution is 2.25. The minimum Gasteiger partial charge on any atom is -0.465 e. The molecule has 1 aromatic rings. The number of hydrogen-bond donors (Lipinski definition) is 1. The van der Waals surface area contributed by atoms with Gasteiger partial charge in [-0.15, -0.1) is 0 Å². The van der Waals surface area contributed by atoms with Crippen molar-refractivity contribution < 1.29 is 28.6 Å². The van der Waals surface area contributed by atoms with Crippen LogP contribution in [0.3, 0.4) is 0 Å². The second-order valence-corrected chi connectivity index (χ2v) is 7.43. The van der Waals surface area contributed by atoms with Gasteiger partial charge in [-0.2, -0.15) is 4.90 Å². The lowest BCUT2D eigenvalue weighted by atomic mass is 10.2. The zero-order chi connectivity index (χ0) is 20.3. The Bertz CT molecular complexity index is 675. The van der Waals surface area contributed by atoms with Crippen molar-refractivity contribution in [1.29, 1.82) is 0 Å². The first kappa shape index (κ1) is 21.2. The van der Waals surface area contributed by atoms with Gasteiger partial charge in [-0.3, -0.25) is 0 Å². The molecule has 2 N–H and O–H groups in total. The van der Waals surface area contributed by atoms with E-state index in [0.717, 1.165) is 7.11 Å².